The molecular formula is C29H34ClN3O4S. The van der Waals surface area contributed by atoms with E-state index in [1.165, 1.54) is 17.0 Å². The van der Waals surface area contributed by atoms with Crippen molar-refractivity contribution in [1.82, 2.24) is 10.2 Å². The fraction of sp³-hybridized carbons (Fsp3) is 0.310. The molecule has 0 aromatic heterocycles. The van der Waals surface area contributed by atoms with Crippen LogP contribution in [0.1, 0.15) is 37.8 Å². The lowest BCUT2D eigenvalue weighted by atomic mass is 10.1. The molecule has 3 rings (SSSR count). The summed E-state index contributed by atoms with van der Waals surface area (Å²) in [5.41, 5.74) is 1.94. The average Bonchev–Trinajstić information content (AvgIpc) is 2.90. The van der Waals surface area contributed by atoms with Gasteiger partial charge in [-0.2, -0.15) is 0 Å². The number of carbonyl (C=O) groups is 2. The van der Waals surface area contributed by atoms with Crippen LogP contribution in [0.2, 0.25) is 5.02 Å². The Morgan fingerprint density at radius 3 is 2.34 bits per heavy atom. The van der Waals surface area contributed by atoms with E-state index in [-0.39, 0.29) is 17.3 Å². The summed E-state index contributed by atoms with van der Waals surface area (Å²) < 4.78 is 28.6. The molecule has 1 N–H and O–H groups in total. The fourth-order valence-electron chi connectivity index (χ4n) is 3.98. The molecule has 3 aromatic carbocycles. The summed E-state index contributed by atoms with van der Waals surface area (Å²) >= 11 is 6.17. The van der Waals surface area contributed by atoms with Gasteiger partial charge < -0.3 is 10.2 Å². The van der Waals surface area contributed by atoms with Crippen LogP contribution in [-0.4, -0.2) is 44.3 Å². The van der Waals surface area contributed by atoms with E-state index in [4.69, 9.17) is 11.6 Å². The molecular weight excluding hydrogens is 522 g/mol. The molecule has 0 saturated heterocycles. The van der Waals surface area contributed by atoms with Gasteiger partial charge >= 0.3 is 0 Å². The van der Waals surface area contributed by atoms with Crippen molar-refractivity contribution < 1.29 is 18.0 Å². The van der Waals surface area contributed by atoms with Gasteiger partial charge in [-0.05, 0) is 67.8 Å². The highest BCUT2D eigenvalue weighted by molar-refractivity contribution is 7.92. The Kier molecular flexibility index (Phi) is 10.3. The van der Waals surface area contributed by atoms with Crippen LogP contribution in [0.3, 0.4) is 0 Å². The lowest BCUT2D eigenvalue weighted by Gasteiger charge is -2.32. The van der Waals surface area contributed by atoms with Gasteiger partial charge in [0.15, 0.2) is 0 Å². The third-order valence-corrected chi connectivity index (χ3v) is 8.16. The zero-order chi connectivity index (χ0) is 27.7. The maximum Gasteiger partial charge on any atom is 0.264 e. The number of hydrogen-bond donors (Lipinski definition) is 1. The van der Waals surface area contributed by atoms with Crippen LogP contribution in [0, 0.1) is 6.92 Å². The predicted molar refractivity (Wildman–Crippen MR) is 152 cm³/mol. The first-order valence-corrected chi connectivity index (χ1v) is 14.4. The van der Waals surface area contributed by atoms with E-state index in [1.807, 2.05) is 26.0 Å². The molecule has 0 aliphatic carbocycles. The molecule has 38 heavy (non-hydrogen) atoms. The van der Waals surface area contributed by atoms with Crippen molar-refractivity contribution >= 4 is 39.1 Å². The molecule has 0 aliphatic rings. The Bertz CT molecular complexity index is 1350. The summed E-state index contributed by atoms with van der Waals surface area (Å²) in [5.74, 6) is -0.814. The molecule has 0 aliphatic heterocycles. The van der Waals surface area contributed by atoms with E-state index in [2.05, 4.69) is 5.32 Å². The van der Waals surface area contributed by atoms with Crippen LogP contribution >= 0.6 is 11.6 Å². The number of halogens is 1. The number of unbranched alkanes of at least 4 members (excludes halogenated alkanes) is 1. The van der Waals surface area contributed by atoms with Crippen LogP contribution in [0.5, 0.6) is 0 Å². The quantitative estimate of drug-likeness (QED) is 0.312. The van der Waals surface area contributed by atoms with Crippen LogP contribution in [0.15, 0.2) is 83.8 Å². The minimum Gasteiger partial charge on any atom is -0.354 e. The number of benzene rings is 3. The first-order chi connectivity index (χ1) is 18.1. The molecule has 0 fully saturated rings. The molecule has 9 heteroatoms. The molecule has 0 radical (unpaired) electrons. The molecule has 1 atom stereocenters. The molecule has 0 bridgehead atoms. The van der Waals surface area contributed by atoms with Gasteiger partial charge in [0, 0.05) is 18.1 Å². The van der Waals surface area contributed by atoms with Gasteiger partial charge in [0.1, 0.15) is 12.6 Å². The number of aryl methyl sites for hydroxylation is 1. The van der Waals surface area contributed by atoms with Crippen LogP contribution < -0.4 is 9.62 Å². The topological polar surface area (TPSA) is 86.8 Å². The van der Waals surface area contributed by atoms with Crippen LogP contribution in [-0.2, 0) is 26.2 Å². The monoisotopic (exact) mass is 555 g/mol. The Balaban J connectivity index is 1.99. The second-order valence-electron chi connectivity index (χ2n) is 9.14. The van der Waals surface area contributed by atoms with Gasteiger partial charge in [0.25, 0.3) is 10.0 Å². The van der Waals surface area contributed by atoms with Crippen molar-refractivity contribution in [2.45, 2.75) is 51.1 Å². The predicted octanol–water partition coefficient (Wildman–Crippen LogP) is 5.18. The third-order valence-electron chi connectivity index (χ3n) is 6.14. The zero-order valence-electron chi connectivity index (χ0n) is 21.9. The third kappa shape index (κ3) is 7.58. The molecule has 3 aromatic rings. The van der Waals surface area contributed by atoms with Crippen LogP contribution in [0.4, 0.5) is 5.69 Å². The van der Waals surface area contributed by atoms with Crippen molar-refractivity contribution in [1.29, 1.82) is 0 Å². The van der Waals surface area contributed by atoms with Crippen molar-refractivity contribution in [2.24, 2.45) is 0 Å². The number of hydrogen-bond acceptors (Lipinski definition) is 4. The van der Waals surface area contributed by atoms with Crippen molar-refractivity contribution in [3.8, 4) is 0 Å². The summed E-state index contributed by atoms with van der Waals surface area (Å²) in [4.78, 5) is 28.3. The average molecular weight is 556 g/mol. The van der Waals surface area contributed by atoms with Gasteiger partial charge in [-0.3, -0.25) is 13.9 Å². The van der Waals surface area contributed by atoms with Gasteiger partial charge in [-0.25, -0.2) is 8.42 Å². The van der Waals surface area contributed by atoms with Gasteiger partial charge in [-0.1, -0.05) is 67.4 Å². The largest absolute Gasteiger partial charge is 0.354 e. The van der Waals surface area contributed by atoms with Gasteiger partial charge in [0.05, 0.1) is 10.6 Å². The molecule has 0 saturated carbocycles. The fourth-order valence-corrected chi connectivity index (χ4v) is 5.62. The standard InChI is InChI=1S/C29H34ClN3O4S/c1-4-5-17-31-29(35)23(3)32(20-24-12-10-13-25(30)19-24)28(34)21-33(26-14-9-11-22(2)18-26)38(36,37)27-15-7-6-8-16-27/h6-16,18-19,23H,4-5,17,20-21H2,1-3H3,(H,31,35)/t23-/m0/s1. The maximum atomic E-state index is 13.9. The number of anilines is 1. The molecule has 2 amide bonds. The second-order valence-corrected chi connectivity index (χ2v) is 11.4. The van der Waals surface area contributed by atoms with E-state index in [0.717, 1.165) is 28.3 Å². The Hall–Kier alpha value is -3.36. The number of nitrogens with one attached hydrogen (secondary N) is 1. The normalized spacial score (nSPS) is 12.0. The van der Waals surface area contributed by atoms with Crippen molar-refractivity contribution in [3.05, 3.63) is 95.0 Å². The highest BCUT2D eigenvalue weighted by atomic mass is 35.5. The lowest BCUT2D eigenvalue weighted by Crippen LogP contribution is -2.51. The minimum absolute atomic E-state index is 0.0704. The SMILES string of the molecule is CCCCNC(=O)[C@H](C)N(Cc1cccc(Cl)c1)C(=O)CN(c1cccc(C)c1)S(=O)(=O)c1ccccc1. The Morgan fingerprint density at radius 1 is 0.974 bits per heavy atom. The van der Waals surface area contributed by atoms with Crippen molar-refractivity contribution in [2.75, 3.05) is 17.4 Å². The van der Waals surface area contributed by atoms with E-state index in [0.29, 0.717) is 17.3 Å². The molecule has 0 heterocycles. The summed E-state index contributed by atoms with van der Waals surface area (Å²) in [6.07, 6.45) is 1.74. The maximum absolute atomic E-state index is 13.9. The first kappa shape index (κ1) is 29.2. The highest BCUT2D eigenvalue weighted by Gasteiger charge is 2.32. The number of rotatable bonds is 12. The Morgan fingerprint density at radius 2 is 1.68 bits per heavy atom. The van der Waals surface area contributed by atoms with Crippen molar-refractivity contribution in [3.63, 3.8) is 0 Å². The summed E-state index contributed by atoms with van der Waals surface area (Å²) in [6, 6.07) is 21.2. The summed E-state index contributed by atoms with van der Waals surface area (Å²) in [7, 11) is -4.08. The van der Waals surface area contributed by atoms with E-state index in [9.17, 15) is 18.0 Å². The number of nitrogens with zero attached hydrogens (tertiary/aromatic N) is 2. The Labute approximate surface area is 230 Å². The van der Waals surface area contributed by atoms with E-state index < -0.39 is 28.5 Å². The number of sulfonamides is 1. The highest BCUT2D eigenvalue weighted by Crippen LogP contribution is 2.25. The first-order valence-electron chi connectivity index (χ1n) is 12.6. The second kappa shape index (κ2) is 13.4. The molecule has 202 valence electrons. The summed E-state index contributed by atoms with van der Waals surface area (Å²) in [5, 5.41) is 3.38. The molecule has 0 unspecified atom stereocenters. The van der Waals surface area contributed by atoms with Gasteiger partial charge in [-0.15, -0.1) is 0 Å². The lowest BCUT2D eigenvalue weighted by molar-refractivity contribution is -0.139. The summed E-state index contributed by atoms with van der Waals surface area (Å²) in [6.45, 7) is 5.64. The minimum atomic E-state index is -4.08. The van der Waals surface area contributed by atoms with Crippen LogP contribution in [0.25, 0.3) is 0 Å². The number of amides is 2. The zero-order valence-corrected chi connectivity index (χ0v) is 23.5. The van der Waals surface area contributed by atoms with Gasteiger partial charge in [0.2, 0.25) is 11.8 Å². The van der Waals surface area contributed by atoms with E-state index in [1.54, 1.807) is 61.5 Å². The number of carbonyl (C=O) groups excluding carboxylic acids is 2. The molecule has 0 spiro atoms. The molecule has 7 nitrogen and oxygen atoms in total. The smallest absolute Gasteiger partial charge is 0.264 e. The van der Waals surface area contributed by atoms with E-state index >= 15 is 0 Å².